The summed E-state index contributed by atoms with van der Waals surface area (Å²) in [6.45, 7) is 6.56. The van der Waals surface area contributed by atoms with Crippen LogP contribution in [0.3, 0.4) is 0 Å². The Kier molecular flexibility index (Phi) is 5.40. The van der Waals surface area contributed by atoms with Crippen LogP contribution in [0, 0.1) is 0 Å². The summed E-state index contributed by atoms with van der Waals surface area (Å²) in [5.41, 5.74) is 3.88. The molecule has 0 bridgehead atoms. The quantitative estimate of drug-likeness (QED) is 0.832. The van der Waals surface area contributed by atoms with Gasteiger partial charge in [0.1, 0.15) is 5.75 Å². The van der Waals surface area contributed by atoms with Crippen LogP contribution in [0.15, 0.2) is 48.5 Å². The molecule has 0 saturated heterocycles. The monoisotopic (exact) mass is 283 g/mol. The first-order valence-electron chi connectivity index (χ1n) is 7.63. The smallest absolute Gasteiger partial charge is 0.123 e. The van der Waals surface area contributed by atoms with E-state index in [1.54, 1.807) is 7.11 Å². The molecule has 0 aliphatic carbocycles. The Bertz CT molecular complexity index is 562. The van der Waals surface area contributed by atoms with Gasteiger partial charge < -0.3 is 10.1 Å². The van der Waals surface area contributed by atoms with Crippen LogP contribution in [0.5, 0.6) is 5.75 Å². The Balaban J connectivity index is 2.08. The van der Waals surface area contributed by atoms with Crippen molar-refractivity contribution in [3.05, 3.63) is 65.2 Å². The zero-order valence-electron chi connectivity index (χ0n) is 13.4. The van der Waals surface area contributed by atoms with E-state index in [9.17, 15) is 0 Å². The van der Waals surface area contributed by atoms with Crippen LogP contribution in [0.4, 0.5) is 0 Å². The summed E-state index contributed by atoms with van der Waals surface area (Å²) in [5.74, 6) is 0.936. The minimum atomic E-state index is 0.238. The standard InChI is InChI=1S/C19H25NO/c1-5-16-10-12-17(13-11-16)14(2)20-15(3)18-8-6-7-9-19(18)21-4/h6-15,20H,5H2,1-4H3. The lowest BCUT2D eigenvalue weighted by Crippen LogP contribution is -2.22. The molecule has 0 heterocycles. The summed E-state index contributed by atoms with van der Waals surface area (Å²) in [6.07, 6.45) is 1.08. The van der Waals surface area contributed by atoms with Crippen molar-refractivity contribution in [2.45, 2.75) is 39.3 Å². The van der Waals surface area contributed by atoms with E-state index >= 15 is 0 Å². The molecule has 0 spiro atoms. The average Bonchev–Trinajstić information content (AvgIpc) is 2.54. The highest BCUT2D eigenvalue weighted by Crippen LogP contribution is 2.26. The molecule has 0 saturated carbocycles. The van der Waals surface area contributed by atoms with E-state index in [2.05, 4.69) is 62.5 Å². The van der Waals surface area contributed by atoms with Gasteiger partial charge in [0.15, 0.2) is 0 Å². The van der Waals surface area contributed by atoms with Crippen LogP contribution < -0.4 is 10.1 Å². The largest absolute Gasteiger partial charge is 0.496 e. The van der Waals surface area contributed by atoms with Gasteiger partial charge in [-0.2, -0.15) is 0 Å². The fraction of sp³-hybridized carbons (Fsp3) is 0.368. The summed E-state index contributed by atoms with van der Waals surface area (Å²) >= 11 is 0. The molecule has 2 aromatic carbocycles. The number of hydrogen-bond donors (Lipinski definition) is 1. The molecular formula is C19H25NO. The minimum absolute atomic E-state index is 0.238. The Morgan fingerprint density at radius 1 is 0.952 bits per heavy atom. The fourth-order valence-electron chi connectivity index (χ4n) is 2.63. The van der Waals surface area contributed by atoms with E-state index in [-0.39, 0.29) is 6.04 Å². The lowest BCUT2D eigenvalue weighted by molar-refractivity contribution is 0.396. The second-order valence-electron chi connectivity index (χ2n) is 5.45. The van der Waals surface area contributed by atoms with E-state index in [0.29, 0.717) is 6.04 Å². The van der Waals surface area contributed by atoms with Crippen LogP contribution in [0.25, 0.3) is 0 Å². The first-order chi connectivity index (χ1) is 10.2. The second kappa shape index (κ2) is 7.28. The molecule has 2 nitrogen and oxygen atoms in total. The maximum absolute atomic E-state index is 5.44. The molecule has 0 amide bonds. The van der Waals surface area contributed by atoms with Gasteiger partial charge >= 0.3 is 0 Å². The molecule has 0 fully saturated rings. The van der Waals surface area contributed by atoms with Gasteiger partial charge in [0, 0.05) is 17.6 Å². The number of methoxy groups -OCH3 is 1. The van der Waals surface area contributed by atoms with E-state index in [0.717, 1.165) is 12.2 Å². The lowest BCUT2D eigenvalue weighted by atomic mass is 10.0. The summed E-state index contributed by atoms with van der Waals surface area (Å²) < 4.78 is 5.44. The SMILES string of the molecule is CCc1ccc(C(C)NC(C)c2ccccc2OC)cc1. The zero-order valence-corrected chi connectivity index (χ0v) is 13.4. The van der Waals surface area contributed by atoms with Crippen molar-refractivity contribution in [3.63, 3.8) is 0 Å². The average molecular weight is 283 g/mol. The zero-order chi connectivity index (χ0) is 15.2. The Morgan fingerprint density at radius 2 is 1.62 bits per heavy atom. The number of nitrogens with one attached hydrogen (secondary N) is 1. The van der Waals surface area contributed by atoms with Crippen molar-refractivity contribution in [2.75, 3.05) is 7.11 Å². The van der Waals surface area contributed by atoms with Gasteiger partial charge in [-0.1, -0.05) is 49.4 Å². The van der Waals surface area contributed by atoms with Crippen LogP contribution in [0.1, 0.15) is 49.5 Å². The highest BCUT2D eigenvalue weighted by atomic mass is 16.5. The van der Waals surface area contributed by atoms with Gasteiger partial charge in [-0.25, -0.2) is 0 Å². The molecule has 2 rings (SSSR count). The third-order valence-electron chi connectivity index (χ3n) is 3.99. The summed E-state index contributed by atoms with van der Waals surface area (Å²) in [4.78, 5) is 0. The molecule has 2 unspecified atom stereocenters. The number of rotatable bonds is 6. The second-order valence-corrected chi connectivity index (χ2v) is 5.45. The Hall–Kier alpha value is -1.80. The fourth-order valence-corrected chi connectivity index (χ4v) is 2.63. The molecular weight excluding hydrogens is 258 g/mol. The molecule has 0 aromatic heterocycles. The van der Waals surface area contributed by atoms with E-state index in [1.807, 2.05) is 12.1 Å². The Labute approximate surface area is 128 Å². The number of hydrogen-bond acceptors (Lipinski definition) is 2. The van der Waals surface area contributed by atoms with E-state index in [4.69, 9.17) is 4.74 Å². The summed E-state index contributed by atoms with van der Waals surface area (Å²) in [6, 6.07) is 17.6. The normalized spacial score (nSPS) is 13.7. The first kappa shape index (κ1) is 15.6. The lowest BCUT2D eigenvalue weighted by Gasteiger charge is -2.22. The molecule has 2 atom stereocenters. The third kappa shape index (κ3) is 3.85. The highest BCUT2D eigenvalue weighted by Gasteiger charge is 2.14. The first-order valence-corrected chi connectivity index (χ1v) is 7.63. The number of ether oxygens (including phenoxy) is 1. The topological polar surface area (TPSA) is 21.3 Å². The number of aryl methyl sites for hydroxylation is 1. The van der Waals surface area contributed by atoms with Crippen molar-refractivity contribution < 1.29 is 4.74 Å². The van der Waals surface area contributed by atoms with Crippen molar-refractivity contribution in [3.8, 4) is 5.75 Å². The maximum atomic E-state index is 5.44. The summed E-state index contributed by atoms with van der Waals surface area (Å²) in [7, 11) is 1.72. The van der Waals surface area contributed by atoms with Crippen molar-refractivity contribution in [1.29, 1.82) is 0 Å². The molecule has 0 radical (unpaired) electrons. The Morgan fingerprint density at radius 3 is 2.24 bits per heavy atom. The maximum Gasteiger partial charge on any atom is 0.123 e. The molecule has 21 heavy (non-hydrogen) atoms. The van der Waals surface area contributed by atoms with Crippen LogP contribution >= 0.6 is 0 Å². The number of benzene rings is 2. The van der Waals surface area contributed by atoms with Gasteiger partial charge in [-0.3, -0.25) is 0 Å². The highest BCUT2D eigenvalue weighted by molar-refractivity contribution is 5.36. The minimum Gasteiger partial charge on any atom is -0.496 e. The predicted molar refractivity (Wildman–Crippen MR) is 88.8 cm³/mol. The molecule has 0 aliphatic rings. The van der Waals surface area contributed by atoms with Crippen molar-refractivity contribution >= 4 is 0 Å². The molecule has 1 N–H and O–H groups in total. The van der Waals surface area contributed by atoms with Crippen molar-refractivity contribution in [1.82, 2.24) is 5.32 Å². The van der Waals surface area contributed by atoms with Gasteiger partial charge in [-0.05, 0) is 37.5 Å². The van der Waals surface area contributed by atoms with Gasteiger partial charge in [0.25, 0.3) is 0 Å². The van der Waals surface area contributed by atoms with E-state index < -0.39 is 0 Å². The predicted octanol–water partition coefficient (Wildman–Crippen LogP) is 4.67. The van der Waals surface area contributed by atoms with Crippen LogP contribution in [-0.2, 0) is 6.42 Å². The molecule has 2 heteroatoms. The molecule has 112 valence electrons. The van der Waals surface area contributed by atoms with Gasteiger partial charge in [0.2, 0.25) is 0 Å². The van der Waals surface area contributed by atoms with Gasteiger partial charge in [0.05, 0.1) is 7.11 Å². The van der Waals surface area contributed by atoms with Crippen LogP contribution in [-0.4, -0.2) is 7.11 Å². The third-order valence-corrected chi connectivity index (χ3v) is 3.99. The molecule has 2 aromatic rings. The van der Waals surface area contributed by atoms with E-state index in [1.165, 1.54) is 16.7 Å². The van der Waals surface area contributed by atoms with Crippen LogP contribution in [0.2, 0.25) is 0 Å². The van der Waals surface area contributed by atoms with Gasteiger partial charge in [-0.15, -0.1) is 0 Å². The molecule has 0 aliphatic heterocycles. The van der Waals surface area contributed by atoms with Crippen molar-refractivity contribution in [2.24, 2.45) is 0 Å². The number of para-hydroxylation sites is 1. The summed E-state index contributed by atoms with van der Waals surface area (Å²) in [5, 5.41) is 3.64.